The average molecular weight is 261 g/mol. The molecule has 0 bridgehead atoms. The van der Waals surface area contributed by atoms with Crippen LogP contribution in [0.1, 0.15) is 25.3 Å². The molecule has 0 unspecified atom stereocenters. The third kappa shape index (κ3) is 1.91. The van der Waals surface area contributed by atoms with E-state index in [9.17, 15) is 4.79 Å². The molecule has 7 heteroatoms. The second kappa shape index (κ2) is 4.49. The molecule has 2 aromatic rings. The van der Waals surface area contributed by atoms with Crippen molar-refractivity contribution in [2.24, 2.45) is 5.92 Å². The molecule has 1 aliphatic rings. The van der Waals surface area contributed by atoms with Gasteiger partial charge in [0, 0.05) is 6.04 Å². The molecular formula is C12H15N5O2. The summed E-state index contributed by atoms with van der Waals surface area (Å²) in [5, 5.41) is 0. The first kappa shape index (κ1) is 11.9. The summed E-state index contributed by atoms with van der Waals surface area (Å²) in [6, 6.07) is 0.211. The molecule has 0 saturated heterocycles. The van der Waals surface area contributed by atoms with Crippen molar-refractivity contribution in [2.75, 3.05) is 12.8 Å². The summed E-state index contributed by atoms with van der Waals surface area (Å²) in [5.41, 5.74) is 7.10. The quantitative estimate of drug-likeness (QED) is 0.808. The van der Waals surface area contributed by atoms with Crippen molar-refractivity contribution in [3.05, 3.63) is 12.7 Å². The van der Waals surface area contributed by atoms with E-state index in [4.69, 9.17) is 10.5 Å². The predicted molar refractivity (Wildman–Crippen MR) is 68.1 cm³/mol. The summed E-state index contributed by atoms with van der Waals surface area (Å²) in [4.78, 5) is 24.0. The average Bonchev–Trinajstić information content (AvgIpc) is 3.04. The van der Waals surface area contributed by atoms with E-state index in [2.05, 4.69) is 15.0 Å². The molecule has 3 rings (SSSR count). The summed E-state index contributed by atoms with van der Waals surface area (Å²) in [6.07, 6.45) is 5.65. The molecule has 100 valence electrons. The van der Waals surface area contributed by atoms with Crippen LogP contribution in [0.5, 0.6) is 0 Å². The number of nitrogens with two attached hydrogens (primary N) is 1. The zero-order valence-electron chi connectivity index (χ0n) is 10.6. The van der Waals surface area contributed by atoms with Crippen molar-refractivity contribution in [1.29, 1.82) is 0 Å². The molecule has 2 aromatic heterocycles. The highest BCUT2D eigenvalue weighted by Gasteiger charge is 2.32. The molecule has 1 fully saturated rings. The van der Waals surface area contributed by atoms with Gasteiger partial charge in [-0.25, -0.2) is 15.0 Å². The number of esters is 1. The number of carbonyl (C=O) groups excluding carboxylic acids is 1. The summed E-state index contributed by atoms with van der Waals surface area (Å²) in [6.45, 7) is 0. The van der Waals surface area contributed by atoms with E-state index in [0.717, 1.165) is 24.9 Å². The van der Waals surface area contributed by atoms with Crippen molar-refractivity contribution in [3.63, 3.8) is 0 Å². The van der Waals surface area contributed by atoms with E-state index in [0.29, 0.717) is 11.3 Å². The van der Waals surface area contributed by atoms with E-state index in [-0.39, 0.29) is 17.9 Å². The summed E-state index contributed by atoms with van der Waals surface area (Å²) in [5.74, 6) is 0.207. The normalized spacial score (nSPS) is 22.8. The molecule has 0 spiro atoms. The first-order chi connectivity index (χ1) is 9.20. The fourth-order valence-corrected chi connectivity index (χ4v) is 2.73. The standard InChI is InChI=1S/C12H15N5O2/c1-19-12(18)7-2-3-8(4-7)17-6-16-9-10(13)14-5-15-11(9)17/h5-8H,2-4H2,1H3,(H2,13,14,15)/t7-,8-/m1/s1. The van der Waals surface area contributed by atoms with Crippen LogP contribution in [-0.4, -0.2) is 32.6 Å². The molecule has 19 heavy (non-hydrogen) atoms. The van der Waals surface area contributed by atoms with Gasteiger partial charge in [0.05, 0.1) is 19.4 Å². The fourth-order valence-electron chi connectivity index (χ4n) is 2.73. The van der Waals surface area contributed by atoms with Crippen LogP contribution < -0.4 is 5.73 Å². The fraction of sp³-hybridized carbons (Fsp3) is 0.500. The Morgan fingerprint density at radius 1 is 1.42 bits per heavy atom. The van der Waals surface area contributed by atoms with Gasteiger partial charge in [-0.05, 0) is 19.3 Å². The number of carbonyl (C=O) groups is 1. The van der Waals surface area contributed by atoms with Crippen LogP contribution in [0.25, 0.3) is 11.2 Å². The molecule has 0 amide bonds. The topological polar surface area (TPSA) is 95.9 Å². The van der Waals surface area contributed by atoms with Crippen LogP contribution in [0.2, 0.25) is 0 Å². The van der Waals surface area contributed by atoms with E-state index < -0.39 is 0 Å². The number of imidazole rings is 1. The van der Waals surface area contributed by atoms with Crippen molar-refractivity contribution < 1.29 is 9.53 Å². The lowest BCUT2D eigenvalue weighted by atomic mass is 10.1. The van der Waals surface area contributed by atoms with Crippen molar-refractivity contribution >= 4 is 23.0 Å². The first-order valence-electron chi connectivity index (χ1n) is 6.21. The van der Waals surface area contributed by atoms with Gasteiger partial charge < -0.3 is 15.0 Å². The van der Waals surface area contributed by atoms with Gasteiger partial charge in [-0.3, -0.25) is 4.79 Å². The Morgan fingerprint density at radius 2 is 2.26 bits per heavy atom. The van der Waals surface area contributed by atoms with Crippen LogP contribution in [0.15, 0.2) is 12.7 Å². The monoisotopic (exact) mass is 261 g/mol. The number of methoxy groups -OCH3 is 1. The Bertz CT molecular complexity index is 624. The van der Waals surface area contributed by atoms with E-state index in [1.807, 2.05) is 4.57 Å². The molecule has 2 heterocycles. The number of rotatable bonds is 2. The Kier molecular flexibility index (Phi) is 2.81. The zero-order chi connectivity index (χ0) is 13.4. The van der Waals surface area contributed by atoms with Gasteiger partial charge in [0.25, 0.3) is 0 Å². The molecular weight excluding hydrogens is 246 g/mol. The van der Waals surface area contributed by atoms with Crippen molar-refractivity contribution in [3.8, 4) is 0 Å². The van der Waals surface area contributed by atoms with Crippen LogP contribution in [0.4, 0.5) is 5.82 Å². The lowest BCUT2D eigenvalue weighted by molar-refractivity contribution is -0.145. The molecule has 0 aliphatic heterocycles. The van der Waals surface area contributed by atoms with Crippen molar-refractivity contribution in [1.82, 2.24) is 19.5 Å². The zero-order valence-corrected chi connectivity index (χ0v) is 10.6. The minimum atomic E-state index is -0.138. The van der Waals surface area contributed by atoms with Gasteiger partial charge in [-0.15, -0.1) is 0 Å². The van der Waals surface area contributed by atoms with Gasteiger partial charge >= 0.3 is 5.97 Å². The number of hydrogen-bond donors (Lipinski definition) is 1. The van der Waals surface area contributed by atoms with Gasteiger partial charge in [0.15, 0.2) is 11.5 Å². The number of ether oxygens (including phenoxy) is 1. The minimum Gasteiger partial charge on any atom is -0.469 e. The molecule has 1 aliphatic carbocycles. The highest BCUT2D eigenvalue weighted by Crippen LogP contribution is 2.36. The lowest BCUT2D eigenvalue weighted by Gasteiger charge is -2.12. The molecule has 2 atom stereocenters. The molecule has 2 N–H and O–H groups in total. The van der Waals surface area contributed by atoms with Gasteiger partial charge in [0.1, 0.15) is 11.8 Å². The van der Waals surface area contributed by atoms with Crippen LogP contribution in [0, 0.1) is 5.92 Å². The van der Waals surface area contributed by atoms with Crippen molar-refractivity contribution in [2.45, 2.75) is 25.3 Å². The first-order valence-corrected chi connectivity index (χ1v) is 6.21. The maximum Gasteiger partial charge on any atom is 0.308 e. The van der Waals surface area contributed by atoms with Crippen LogP contribution >= 0.6 is 0 Å². The van der Waals surface area contributed by atoms with E-state index in [1.165, 1.54) is 13.4 Å². The smallest absolute Gasteiger partial charge is 0.308 e. The van der Waals surface area contributed by atoms with E-state index in [1.54, 1.807) is 6.33 Å². The summed E-state index contributed by atoms with van der Waals surface area (Å²) in [7, 11) is 1.43. The highest BCUT2D eigenvalue weighted by atomic mass is 16.5. The molecule has 7 nitrogen and oxygen atoms in total. The minimum absolute atomic E-state index is 0.0355. The SMILES string of the molecule is COC(=O)[C@@H]1CC[C@@H](n2cnc3c(N)ncnc32)C1. The number of aromatic nitrogens is 4. The number of fused-ring (bicyclic) bond motifs is 1. The number of nitrogens with zero attached hydrogens (tertiary/aromatic N) is 4. The lowest BCUT2D eigenvalue weighted by Crippen LogP contribution is -2.13. The summed E-state index contributed by atoms with van der Waals surface area (Å²) < 4.78 is 6.78. The maximum absolute atomic E-state index is 11.6. The number of hydrogen-bond acceptors (Lipinski definition) is 6. The van der Waals surface area contributed by atoms with Crippen LogP contribution in [0.3, 0.4) is 0 Å². The Balaban J connectivity index is 1.90. The number of anilines is 1. The molecule has 0 radical (unpaired) electrons. The van der Waals surface area contributed by atoms with Gasteiger partial charge in [-0.2, -0.15) is 0 Å². The Morgan fingerprint density at radius 3 is 3.05 bits per heavy atom. The number of nitrogen functional groups attached to an aromatic ring is 1. The second-order valence-corrected chi connectivity index (χ2v) is 4.77. The summed E-state index contributed by atoms with van der Waals surface area (Å²) >= 11 is 0. The van der Waals surface area contributed by atoms with Gasteiger partial charge in [0.2, 0.25) is 0 Å². The van der Waals surface area contributed by atoms with Gasteiger partial charge in [-0.1, -0.05) is 0 Å². The largest absolute Gasteiger partial charge is 0.469 e. The Labute approximate surface area is 109 Å². The third-order valence-electron chi connectivity index (χ3n) is 3.72. The molecule has 0 aromatic carbocycles. The van der Waals surface area contributed by atoms with E-state index >= 15 is 0 Å². The Hall–Kier alpha value is -2.18. The molecule has 1 saturated carbocycles. The predicted octanol–water partition coefficient (Wildman–Crippen LogP) is 0.923. The maximum atomic E-state index is 11.6. The third-order valence-corrected chi connectivity index (χ3v) is 3.72. The second-order valence-electron chi connectivity index (χ2n) is 4.77. The highest BCUT2D eigenvalue weighted by molar-refractivity contribution is 5.81. The van der Waals surface area contributed by atoms with Crippen LogP contribution in [-0.2, 0) is 9.53 Å².